The first-order chi connectivity index (χ1) is 15.3. The summed E-state index contributed by atoms with van der Waals surface area (Å²) in [7, 11) is 0. The number of piperidine rings is 1. The SMILES string of the molecule is CC(C)(C)OC(=O)N1CCC(n2cc(Nc3cnc4c5c(cccc35)C(=O)N4)cn2)CC1. The highest BCUT2D eigenvalue weighted by Crippen LogP contribution is 2.36. The monoisotopic (exact) mass is 434 g/mol. The van der Waals surface area contributed by atoms with E-state index in [1.807, 2.05) is 43.8 Å². The molecule has 1 fully saturated rings. The fraction of sp³-hybridized carbons (Fsp3) is 0.391. The van der Waals surface area contributed by atoms with Crippen LogP contribution in [0.15, 0.2) is 36.8 Å². The molecule has 166 valence electrons. The molecule has 2 aliphatic rings. The summed E-state index contributed by atoms with van der Waals surface area (Å²) >= 11 is 0. The van der Waals surface area contributed by atoms with Crippen molar-refractivity contribution >= 4 is 40.0 Å². The number of anilines is 3. The van der Waals surface area contributed by atoms with Gasteiger partial charge in [-0.25, -0.2) is 9.78 Å². The Morgan fingerprint density at radius 3 is 2.75 bits per heavy atom. The summed E-state index contributed by atoms with van der Waals surface area (Å²) in [6.07, 6.45) is 6.86. The summed E-state index contributed by atoms with van der Waals surface area (Å²) in [6.45, 7) is 6.91. The van der Waals surface area contributed by atoms with Gasteiger partial charge in [0.15, 0.2) is 0 Å². The maximum atomic E-state index is 12.3. The zero-order chi connectivity index (χ0) is 22.5. The molecular weight excluding hydrogens is 408 g/mol. The van der Waals surface area contributed by atoms with Crippen LogP contribution < -0.4 is 10.6 Å². The highest BCUT2D eigenvalue weighted by Gasteiger charge is 2.28. The van der Waals surface area contributed by atoms with Gasteiger partial charge in [-0.05, 0) is 39.7 Å². The van der Waals surface area contributed by atoms with E-state index in [9.17, 15) is 9.59 Å². The van der Waals surface area contributed by atoms with Gasteiger partial charge in [0.2, 0.25) is 0 Å². The third kappa shape index (κ3) is 3.74. The molecular formula is C23H26N6O3. The fourth-order valence-corrected chi connectivity index (χ4v) is 4.25. The fourth-order valence-electron chi connectivity index (χ4n) is 4.25. The van der Waals surface area contributed by atoms with Crippen LogP contribution in [0.4, 0.5) is 22.0 Å². The Labute approximate surface area is 185 Å². The van der Waals surface area contributed by atoms with Crippen LogP contribution in [-0.2, 0) is 4.74 Å². The highest BCUT2D eigenvalue weighted by molar-refractivity contribution is 6.24. The van der Waals surface area contributed by atoms with Crippen LogP contribution in [0, 0.1) is 0 Å². The van der Waals surface area contributed by atoms with Crippen molar-refractivity contribution in [2.75, 3.05) is 23.7 Å². The van der Waals surface area contributed by atoms with E-state index < -0.39 is 5.60 Å². The van der Waals surface area contributed by atoms with Crippen molar-refractivity contribution in [1.29, 1.82) is 0 Å². The molecule has 32 heavy (non-hydrogen) atoms. The predicted octanol–water partition coefficient (Wildman–Crippen LogP) is 4.31. The molecule has 5 rings (SSSR count). The standard InChI is InChI=1S/C23H26N6O3/c1-23(2,3)32-22(31)28-9-7-15(8-10-28)29-13-14(11-25-29)26-18-12-24-20-19-16(18)5-4-6-17(19)21(30)27-20/h4-6,11-13,15,26H,7-10H2,1-3H3,(H,24,27,30). The Morgan fingerprint density at radius 1 is 1.22 bits per heavy atom. The van der Waals surface area contributed by atoms with E-state index in [0.717, 1.165) is 35.0 Å². The molecule has 3 aromatic rings. The Morgan fingerprint density at radius 2 is 2.00 bits per heavy atom. The van der Waals surface area contributed by atoms with Crippen molar-refractivity contribution in [2.45, 2.75) is 45.3 Å². The number of amides is 2. The molecule has 2 aliphatic heterocycles. The van der Waals surface area contributed by atoms with Crippen molar-refractivity contribution in [3.8, 4) is 0 Å². The number of hydrogen-bond acceptors (Lipinski definition) is 6. The molecule has 2 N–H and O–H groups in total. The second-order valence-corrected chi connectivity index (χ2v) is 9.24. The molecule has 0 unspecified atom stereocenters. The largest absolute Gasteiger partial charge is 0.444 e. The van der Waals surface area contributed by atoms with Gasteiger partial charge in [0.1, 0.15) is 11.4 Å². The number of carbonyl (C=O) groups excluding carboxylic acids is 2. The normalized spacial score (nSPS) is 16.3. The average molecular weight is 435 g/mol. The Hall–Kier alpha value is -3.62. The van der Waals surface area contributed by atoms with Crippen LogP contribution in [-0.4, -0.2) is 50.4 Å². The van der Waals surface area contributed by atoms with Crippen LogP contribution in [0.2, 0.25) is 0 Å². The van der Waals surface area contributed by atoms with Crippen molar-refractivity contribution in [2.24, 2.45) is 0 Å². The number of aromatic nitrogens is 3. The number of nitrogens with zero attached hydrogens (tertiary/aromatic N) is 4. The summed E-state index contributed by atoms with van der Waals surface area (Å²) in [5.41, 5.74) is 1.82. The van der Waals surface area contributed by atoms with E-state index in [1.165, 1.54) is 0 Å². The number of nitrogens with one attached hydrogen (secondary N) is 2. The van der Waals surface area contributed by atoms with Gasteiger partial charge in [0.25, 0.3) is 5.91 Å². The van der Waals surface area contributed by atoms with Crippen LogP contribution >= 0.6 is 0 Å². The molecule has 0 radical (unpaired) electrons. The third-order valence-corrected chi connectivity index (χ3v) is 5.76. The van der Waals surface area contributed by atoms with Crippen LogP contribution in [0.5, 0.6) is 0 Å². The van der Waals surface area contributed by atoms with Gasteiger partial charge in [0, 0.05) is 30.1 Å². The van der Waals surface area contributed by atoms with E-state index in [4.69, 9.17) is 4.74 Å². The van der Waals surface area contributed by atoms with Gasteiger partial charge in [-0.2, -0.15) is 5.10 Å². The van der Waals surface area contributed by atoms with Gasteiger partial charge in [-0.3, -0.25) is 9.48 Å². The summed E-state index contributed by atoms with van der Waals surface area (Å²) in [5.74, 6) is 0.472. The van der Waals surface area contributed by atoms with Crippen LogP contribution in [0.3, 0.4) is 0 Å². The molecule has 2 amide bonds. The predicted molar refractivity (Wildman–Crippen MR) is 121 cm³/mol. The van der Waals surface area contributed by atoms with Gasteiger partial charge in [-0.1, -0.05) is 12.1 Å². The molecule has 0 bridgehead atoms. The molecule has 0 saturated carbocycles. The number of benzene rings is 1. The number of rotatable bonds is 3. The molecule has 1 aromatic carbocycles. The van der Waals surface area contributed by atoms with Crippen LogP contribution in [0.1, 0.15) is 50.0 Å². The Bertz CT molecular complexity index is 1200. The minimum Gasteiger partial charge on any atom is -0.444 e. The first-order valence-corrected chi connectivity index (χ1v) is 10.8. The topological polar surface area (TPSA) is 101 Å². The smallest absolute Gasteiger partial charge is 0.410 e. The molecule has 2 aromatic heterocycles. The van der Waals surface area contributed by atoms with Crippen molar-refractivity contribution in [3.63, 3.8) is 0 Å². The first-order valence-electron chi connectivity index (χ1n) is 10.8. The molecule has 0 aliphatic carbocycles. The van der Waals surface area contributed by atoms with Crippen molar-refractivity contribution in [1.82, 2.24) is 19.7 Å². The number of carbonyl (C=O) groups is 2. The maximum Gasteiger partial charge on any atom is 0.410 e. The van der Waals surface area contributed by atoms with E-state index in [2.05, 4.69) is 20.7 Å². The van der Waals surface area contributed by atoms with E-state index >= 15 is 0 Å². The maximum absolute atomic E-state index is 12.3. The summed E-state index contributed by atoms with van der Waals surface area (Å²) in [6, 6.07) is 5.88. The Balaban J connectivity index is 1.28. The van der Waals surface area contributed by atoms with E-state index in [0.29, 0.717) is 24.5 Å². The van der Waals surface area contributed by atoms with Crippen LogP contribution in [0.25, 0.3) is 10.8 Å². The molecule has 9 nitrogen and oxygen atoms in total. The lowest BCUT2D eigenvalue weighted by atomic mass is 10.1. The first kappa shape index (κ1) is 20.3. The summed E-state index contributed by atoms with van der Waals surface area (Å²) in [4.78, 5) is 30.6. The van der Waals surface area contributed by atoms with Gasteiger partial charge < -0.3 is 20.3 Å². The summed E-state index contributed by atoms with van der Waals surface area (Å²) in [5, 5.41) is 12.5. The number of pyridine rings is 1. The average Bonchev–Trinajstić information content (AvgIpc) is 3.35. The number of hydrogen-bond donors (Lipinski definition) is 2. The zero-order valence-electron chi connectivity index (χ0n) is 18.4. The van der Waals surface area contributed by atoms with Gasteiger partial charge in [-0.15, -0.1) is 0 Å². The lowest BCUT2D eigenvalue weighted by Gasteiger charge is -2.33. The lowest BCUT2D eigenvalue weighted by Crippen LogP contribution is -2.42. The molecule has 9 heteroatoms. The lowest BCUT2D eigenvalue weighted by molar-refractivity contribution is 0.0184. The molecule has 0 atom stereocenters. The van der Waals surface area contributed by atoms with Gasteiger partial charge in [0.05, 0.1) is 35.4 Å². The third-order valence-electron chi connectivity index (χ3n) is 5.76. The second-order valence-electron chi connectivity index (χ2n) is 9.24. The Kier molecular flexibility index (Phi) is 4.76. The number of likely N-dealkylation sites (tertiary alicyclic amines) is 1. The zero-order valence-corrected chi connectivity index (χ0v) is 18.4. The van der Waals surface area contributed by atoms with Crippen molar-refractivity contribution < 1.29 is 14.3 Å². The minimum absolute atomic E-state index is 0.124. The molecule has 1 saturated heterocycles. The molecule has 0 spiro atoms. The van der Waals surface area contributed by atoms with Crippen molar-refractivity contribution in [3.05, 3.63) is 42.4 Å². The quantitative estimate of drug-likeness (QED) is 0.637. The highest BCUT2D eigenvalue weighted by atomic mass is 16.6. The number of ether oxygens (including phenoxy) is 1. The molecule has 4 heterocycles. The van der Waals surface area contributed by atoms with E-state index in [1.54, 1.807) is 23.4 Å². The summed E-state index contributed by atoms with van der Waals surface area (Å²) < 4.78 is 7.43. The van der Waals surface area contributed by atoms with Gasteiger partial charge >= 0.3 is 6.09 Å². The van der Waals surface area contributed by atoms with E-state index in [-0.39, 0.29) is 18.0 Å². The second kappa shape index (κ2) is 7.51. The minimum atomic E-state index is -0.489.